The van der Waals surface area contributed by atoms with Crippen LogP contribution in [0, 0.1) is 5.82 Å². The topological polar surface area (TPSA) is 44.8 Å². The predicted molar refractivity (Wildman–Crippen MR) is 80.1 cm³/mol. The fourth-order valence-electron chi connectivity index (χ4n) is 1.87. The van der Waals surface area contributed by atoms with Crippen molar-refractivity contribution in [1.29, 1.82) is 0 Å². The Bertz CT molecular complexity index is 671. The van der Waals surface area contributed by atoms with E-state index in [1.807, 2.05) is 0 Å². The summed E-state index contributed by atoms with van der Waals surface area (Å²) in [6.07, 6.45) is 0. The minimum absolute atomic E-state index is 0.00980. The van der Waals surface area contributed by atoms with Gasteiger partial charge in [0, 0.05) is 5.56 Å². The second-order valence-electron chi connectivity index (χ2n) is 4.37. The Hall–Kier alpha value is -2.27. The molecule has 2 rings (SSSR count). The van der Waals surface area contributed by atoms with Crippen LogP contribution >= 0.6 is 11.6 Å². The number of carbonyl (C=O) groups is 1. The zero-order valence-corrected chi connectivity index (χ0v) is 12.8. The molecule has 0 N–H and O–H groups in total. The second kappa shape index (κ2) is 7.13. The van der Waals surface area contributed by atoms with E-state index in [-0.39, 0.29) is 17.2 Å². The van der Waals surface area contributed by atoms with Crippen LogP contribution in [0.4, 0.5) is 4.39 Å². The van der Waals surface area contributed by atoms with Gasteiger partial charge in [-0.3, -0.25) is 0 Å². The molecule has 0 radical (unpaired) electrons. The standard InChI is InChI=1S/C16H14ClFO4/c1-20-11-3-5-12(6-4-11)22-9-14-13(16(19)21-2)7-10(18)8-15(14)17/h3-8H,9H2,1-2H3. The van der Waals surface area contributed by atoms with Crippen molar-refractivity contribution < 1.29 is 23.4 Å². The lowest BCUT2D eigenvalue weighted by atomic mass is 10.1. The Labute approximate surface area is 132 Å². The fourth-order valence-corrected chi connectivity index (χ4v) is 2.13. The largest absolute Gasteiger partial charge is 0.497 e. The van der Waals surface area contributed by atoms with Gasteiger partial charge in [0.15, 0.2) is 0 Å². The van der Waals surface area contributed by atoms with Crippen LogP contribution in [0.1, 0.15) is 15.9 Å². The van der Waals surface area contributed by atoms with Gasteiger partial charge in [0.2, 0.25) is 0 Å². The number of hydrogen-bond donors (Lipinski definition) is 0. The van der Waals surface area contributed by atoms with Gasteiger partial charge in [-0.15, -0.1) is 0 Å². The second-order valence-corrected chi connectivity index (χ2v) is 4.78. The van der Waals surface area contributed by atoms with Crippen molar-refractivity contribution >= 4 is 17.6 Å². The van der Waals surface area contributed by atoms with E-state index in [1.54, 1.807) is 31.4 Å². The van der Waals surface area contributed by atoms with Gasteiger partial charge in [0.05, 0.1) is 24.8 Å². The third-order valence-corrected chi connectivity index (χ3v) is 3.35. The molecule has 4 nitrogen and oxygen atoms in total. The van der Waals surface area contributed by atoms with Crippen LogP contribution in [0.5, 0.6) is 11.5 Å². The molecule has 6 heteroatoms. The number of ether oxygens (including phenoxy) is 3. The minimum atomic E-state index is -0.672. The zero-order valence-electron chi connectivity index (χ0n) is 12.1. The van der Waals surface area contributed by atoms with E-state index in [9.17, 15) is 9.18 Å². The Morgan fingerprint density at radius 1 is 1.14 bits per heavy atom. The number of esters is 1. The maximum absolute atomic E-state index is 13.4. The maximum Gasteiger partial charge on any atom is 0.338 e. The van der Waals surface area contributed by atoms with Crippen LogP contribution < -0.4 is 9.47 Å². The number of benzene rings is 2. The predicted octanol–water partition coefficient (Wildman–Crippen LogP) is 3.85. The van der Waals surface area contributed by atoms with Crippen molar-refractivity contribution in [2.45, 2.75) is 6.61 Å². The third-order valence-electron chi connectivity index (χ3n) is 3.01. The summed E-state index contributed by atoms with van der Waals surface area (Å²) in [4.78, 5) is 11.7. The molecule has 0 aromatic heterocycles. The van der Waals surface area contributed by atoms with E-state index in [1.165, 1.54) is 7.11 Å². The summed E-state index contributed by atoms with van der Waals surface area (Å²) in [5.41, 5.74) is 0.409. The average Bonchev–Trinajstić information content (AvgIpc) is 2.53. The highest BCUT2D eigenvalue weighted by atomic mass is 35.5. The molecular formula is C16H14ClFO4. The summed E-state index contributed by atoms with van der Waals surface area (Å²) in [5, 5.41) is 0.105. The molecule has 0 unspecified atom stereocenters. The van der Waals surface area contributed by atoms with Gasteiger partial charge < -0.3 is 14.2 Å². The summed E-state index contributed by atoms with van der Waals surface area (Å²) in [5.74, 6) is -0.0206. The van der Waals surface area contributed by atoms with Gasteiger partial charge in [-0.25, -0.2) is 9.18 Å². The fraction of sp³-hybridized carbons (Fsp3) is 0.188. The summed E-state index contributed by atoms with van der Waals surface area (Å²) in [6.45, 7) is 0.00980. The molecule has 0 aliphatic heterocycles. The summed E-state index contributed by atoms with van der Waals surface area (Å²) in [6, 6.07) is 9.11. The molecule has 0 saturated heterocycles. The summed E-state index contributed by atoms with van der Waals surface area (Å²) in [7, 11) is 2.78. The number of methoxy groups -OCH3 is 2. The molecule has 0 heterocycles. The van der Waals surface area contributed by atoms with Crippen molar-refractivity contribution in [1.82, 2.24) is 0 Å². The number of carbonyl (C=O) groups excluding carboxylic acids is 1. The maximum atomic E-state index is 13.4. The molecule has 0 aliphatic rings. The first-order valence-corrected chi connectivity index (χ1v) is 6.76. The van der Waals surface area contributed by atoms with Gasteiger partial charge in [-0.2, -0.15) is 0 Å². The molecule has 0 aliphatic carbocycles. The van der Waals surface area contributed by atoms with Crippen LogP contribution in [0.25, 0.3) is 0 Å². The molecule has 0 saturated carbocycles. The first kappa shape index (κ1) is 16.1. The molecule has 0 spiro atoms. The molecule has 2 aromatic carbocycles. The molecule has 0 atom stereocenters. The molecule has 116 valence electrons. The lowest BCUT2D eigenvalue weighted by molar-refractivity contribution is 0.0597. The van der Waals surface area contributed by atoms with Gasteiger partial charge in [-0.05, 0) is 36.4 Å². The minimum Gasteiger partial charge on any atom is -0.497 e. The van der Waals surface area contributed by atoms with Crippen molar-refractivity contribution in [3.8, 4) is 11.5 Å². The van der Waals surface area contributed by atoms with Crippen LogP contribution in [-0.4, -0.2) is 20.2 Å². The van der Waals surface area contributed by atoms with Crippen molar-refractivity contribution in [2.24, 2.45) is 0 Å². The smallest absolute Gasteiger partial charge is 0.338 e. The van der Waals surface area contributed by atoms with Crippen LogP contribution in [0.3, 0.4) is 0 Å². The van der Waals surface area contributed by atoms with E-state index in [2.05, 4.69) is 4.74 Å². The van der Waals surface area contributed by atoms with Crippen molar-refractivity contribution in [2.75, 3.05) is 14.2 Å². The van der Waals surface area contributed by atoms with E-state index in [0.717, 1.165) is 12.1 Å². The van der Waals surface area contributed by atoms with Crippen molar-refractivity contribution in [3.05, 3.63) is 58.4 Å². The normalized spacial score (nSPS) is 10.2. The number of halogens is 2. The molecule has 0 bridgehead atoms. The SMILES string of the molecule is COC(=O)c1cc(F)cc(Cl)c1COc1ccc(OC)cc1. The van der Waals surface area contributed by atoms with Crippen molar-refractivity contribution in [3.63, 3.8) is 0 Å². The molecular weight excluding hydrogens is 311 g/mol. The Balaban J connectivity index is 2.22. The van der Waals surface area contributed by atoms with Crippen LogP contribution in [-0.2, 0) is 11.3 Å². The molecule has 22 heavy (non-hydrogen) atoms. The Kier molecular flexibility index (Phi) is 5.22. The quantitative estimate of drug-likeness (QED) is 0.784. The highest BCUT2D eigenvalue weighted by Crippen LogP contribution is 2.25. The van der Waals surface area contributed by atoms with Crippen LogP contribution in [0.2, 0.25) is 5.02 Å². The van der Waals surface area contributed by atoms with Gasteiger partial charge in [0.25, 0.3) is 0 Å². The number of rotatable bonds is 5. The molecule has 2 aromatic rings. The zero-order chi connectivity index (χ0) is 16.1. The average molecular weight is 325 g/mol. The first-order valence-electron chi connectivity index (χ1n) is 6.38. The lowest BCUT2D eigenvalue weighted by Crippen LogP contribution is -2.09. The molecule has 0 amide bonds. The molecule has 0 fully saturated rings. The monoisotopic (exact) mass is 324 g/mol. The first-order chi connectivity index (χ1) is 10.5. The van der Waals surface area contributed by atoms with E-state index >= 15 is 0 Å². The third kappa shape index (κ3) is 3.68. The van der Waals surface area contributed by atoms with Gasteiger partial charge >= 0.3 is 5.97 Å². The van der Waals surface area contributed by atoms with Gasteiger partial charge in [-0.1, -0.05) is 11.6 Å². The van der Waals surface area contributed by atoms with E-state index in [4.69, 9.17) is 21.1 Å². The van der Waals surface area contributed by atoms with Crippen LogP contribution in [0.15, 0.2) is 36.4 Å². The Morgan fingerprint density at radius 2 is 1.77 bits per heavy atom. The number of hydrogen-bond acceptors (Lipinski definition) is 4. The van der Waals surface area contributed by atoms with Gasteiger partial charge in [0.1, 0.15) is 23.9 Å². The highest BCUT2D eigenvalue weighted by Gasteiger charge is 2.17. The summed E-state index contributed by atoms with van der Waals surface area (Å²) >= 11 is 6.00. The van der Waals surface area contributed by atoms with E-state index in [0.29, 0.717) is 17.1 Å². The van der Waals surface area contributed by atoms with E-state index < -0.39 is 11.8 Å². The Morgan fingerprint density at radius 3 is 2.36 bits per heavy atom. The summed E-state index contributed by atoms with van der Waals surface area (Å²) < 4.78 is 28.7. The highest BCUT2D eigenvalue weighted by molar-refractivity contribution is 6.31. The lowest BCUT2D eigenvalue weighted by Gasteiger charge is -2.12.